The smallest absolute Gasteiger partial charge is 0.0893 e. The number of fused-ring (bicyclic) bond motifs is 10. The number of rotatable bonds is 3. The molecule has 9 rings (SSSR count). The molecule has 1 aliphatic carbocycles. The van der Waals surface area contributed by atoms with Gasteiger partial charge >= 0.3 is 0 Å². The van der Waals surface area contributed by atoms with Crippen molar-refractivity contribution in [2.24, 2.45) is 0 Å². The Morgan fingerprint density at radius 1 is 0.444 bits per heavy atom. The van der Waals surface area contributed by atoms with Crippen molar-refractivity contribution in [3.8, 4) is 44.9 Å². The number of aromatic nitrogens is 2. The van der Waals surface area contributed by atoms with Crippen LogP contribution in [0.5, 0.6) is 0 Å². The lowest BCUT2D eigenvalue weighted by Gasteiger charge is -2.25. The molecular weight excluding hydrogens is 544 g/mol. The van der Waals surface area contributed by atoms with Crippen molar-refractivity contribution in [3.63, 3.8) is 0 Å². The van der Waals surface area contributed by atoms with E-state index in [9.17, 15) is 0 Å². The van der Waals surface area contributed by atoms with Gasteiger partial charge in [-0.2, -0.15) is 0 Å². The van der Waals surface area contributed by atoms with Crippen LogP contribution in [-0.2, 0) is 5.41 Å². The molecule has 0 spiro atoms. The third-order valence-electron chi connectivity index (χ3n) is 9.64. The fraction of sp³-hybridized carbons (Fsp3) is 0.0698. The maximum absolute atomic E-state index is 4.95. The molecule has 2 heterocycles. The molecule has 0 amide bonds. The van der Waals surface area contributed by atoms with Crippen LogP contribution in [0, 0.1) is 0 Å². The highest BCUT2D eigenvalue weighted by Crippen LogP contribution is 2.56. The van der Waals surface area contributed by atoms with Crippen LogP contribution in [0.3, 0.4) is 0 Å². The standard InChI is InChI=1S/C43H30N2/c1-43(2)41-31-22-20-28(27-11-9-12-30(26-27)37-18-10-19-39(45-37)38-17-7-8-24-44-38)25-29(31)21-23-36(41)40-34-15-5-3-13-32(34)33-14-4-6-16-35(33)42(40)43/h3-26H,1-2H3. The number of hydrogen-bond acceptors (Lipinski definition) is 2. The molecule has 2 nitrogen and oxygen atoms in total. The molecule has 0 saturated carbocycles. The highest BCUT2D eigenvalue weighted by molar-refractivity contribution is 6.19. The van der Waals surface area contributed by atoms with Gasteiger partial charge in [-0.15, -0.1) is 0 Å². The summed E-state index contributed by atoms with van der Waals surface area (Å²) in [5.74, 6) is 0. The van der Waals surface area contributed by atoms with Gasteiger partial charge in [0.15, 0.2) is 0 Å². The number of hydrogen-bond donors (Lipinski definition) is 0. The highest BCUT2D eigenvalue weighted by atomic mass is 14.8. The monoisotopic (exact) mass is 574 g/mol. The van der Waals surface area contributed by atoms with E-state index in [1.807, 2.05) is 30.5 Å². The van der Waals surface area contributed by atoms with Crippen molar-refractivity contribution >= 4 is 32.3 Å². The van der Waals surface area contributed by atoms with E-state index in [0.29, 0.717) is 0 Å². The van der Waals surface area contributed by atoms with E-state index in [2.05, 4.69) is 134 Å². The molecule has 212 valence electrons. The zero-order valence-corrected chi connectivity index (χ0v) is 25.3. The predicted molar refractivity (Wildman–Crippen MR) is 188 cm³/mol. The topological polar surface area (TPSA) is 25.8 Å². The summed E-state index contributed by atoms with van der Waals surface area (Å²) in [6, 6.07) is 50.3. The van der Waals surface area contributed by atoms with Crippen molar-refractivity contribution in [2.45, 2.75) is 19.3 Å². The van der Waals surface area contributed by atoms with E-state index >= 15 is 0 Å². The predicted octanol–water partition coefficient (Wildman–Crippen LogP) is 11.2. The molecule has 0 unspecified atom stereocenters. The van der Waals surface area contributed by atoms with Gasteiger partial charge < -0.3 is 0 Å². The molecule has 6 aromatic carbocycles. The molecule has 0 bridgehead atoms. The number of benzene rings is 6. The minimum atomic E-state index is -0.139. The van der Waals surface area contributed by atoms with E-state index in [1.54, 1.807) is 0 Å². The molecule has 0 radical (unpaired) electrons. The summed E-state index contributed by atoms with van der Waals surface area (Å²) in [5.41, 5.74) is 11.6. The van der Waals surface area contributed by atoms with E-state index in [4.69, 9.17) is 4.98 Å². The van der Waals surface area contributed by atoms with Gasteiger partial charge in [-0.3, -0.25) is 4.98 Å². The SMILES string of the molecule is CC1(C)c2c(ccc3cc(-c4cccc(-c5cccc(-c6ccccn6)n5)c4)ccc23)-c2c1c1ccccc1c1ccccc21. The first-order valence-corrected chi connectivity index (χ1v) is 15.6. The van der Waals surface area contributed by atoms with Gasteiger partial charge in [0.05, 0.1) is 17.1 Å². The fourth-order valence-electron chi connectivity index (χ4n) is 7.70. The third-order valence-corrected chi connectivity index (χ3v) is 9.64. The number of pyridine rings is 2. The Morgan fingerprint density at radius 2 is 1.11 bits per heavy atom. The lowest BCUT2D eigenvalue weighted by molar-refractivity contribution is 0.672. The van der Waals surface area contributed by atoms with Crippen LogP contribution in [-0.4, -0.2) is 9.97 Å². The summed E-state index contributed by atoms with van der Waals surface area (Å²) in [5, 5.41) is 7.94. The van der Waals surface area contributed by atoms with E-state index in [-0.39, 0.29) is 5.41 Å². The summed E-state index contributed by atoms with van der Waals surface area (Å²) >= 11 is 0. The summed E-state index contributed by atoms with van der Waals surface area (Å²) < 4.78 is 0. The van der Waals surface area contributed by atoms with Gasteiger partial charge in [-0.05, 0) is 102 Å². The second-order valence-corrected chi connectivity index (χ2v) is 12.6. The quantitative estimate of drug-likeness (QED) is 0.196. The highest BCUT2D eigenvalue weighted by Gasteiger charge is 2.39. The molecule has 8 aromatic rings. The summed E-state index contributed by atoms with van der Waals surface area (Å²) in [7, 11) is 0. The fourth-order valence-corrected chi connectivity index (χ4v) is 7.70. The molecular formula is C43H30N2. The van der Waals surface area contributed by atoms with Gasteiger partial charge in [0.1, 0.15) is 0 Å². The Bertz CT molecular complexity index is 2450. The van der Waals surface area contributed by atoms with Crippen molar-refractivity contribution < 1.29 is 0 Å². The Hall–Kier alpha value is -5.60. The van der Waals surface area contributed by atoms with Crippen LogP contribution in [0.4, 0.5) is 0 Å². The molecule has 0 fully saturated rings. The van der Waals surface area contributed by atoms with Crippen molar-refractivity contribution in [1.29, 1.82) is 0 Å². The first-order valence-electron chi connectivity index (χ1n) is 15.6. The second kappa shape index (κ2) is 9.70. The normalized spacial score (nSPS) is 13.3. The van der Waals surface area contributed by atoms with E-state index < -0.39 is 0 Å². The molecule has 2 heteroatoms. The Morgan fingerprint density at radius 3 is 1.93 bits per heavy atom. The molecule has 2 aromatic heterocycles. The van der Waals surface area contributed by atoms with Crippen LogP contribution in [0.2, 0.25) is 0 Å². The zero-order chi connectivity index (χ0) is 30.1. The van der Waals surface area contributed by atoms with Crippen LogP contribution in [0.1, 0.15) is 25.0 Å². The molecule has 0 saturated heterocycles. The first-order chi connectivity index (χ1) is 22.1. The lowest BCUT2D eigenvalue weighted by atomic mass is 9.77. The van der Waals surface area contributed by atoms with Crippen LogP contribution in [0.25, 0.3) is 77.2 Å². The Labute approximate surface area is 262 Å². The molecule has 0 aliphatic heterocycles. The van der Waals surface area contributed by atoms with E-state index in [0.717, 1.165) is 22.6 Å². The van der Waals surface area contributed by atoms with Gasteiger partial charge in [-0.25, -0.2) is 4.98 Å². The molecule has 45 heavy (non-hydrogen) atoms. The molecule has 0 N–H and O–H groups in total. The summed E-state index contributed by atoms with van der Waals surface area (Å²) in [6.07, 6.45) is 1.81. The largest absolute Gasteiger partial charge is 0.255 e. The van der Waals surface area contributed by atoms with Crippen molar-refractivity contribution in [3.05, 3.63) is 157 Å². The van der Waals surface area contributed by atoms with Crippen LogP contribution in [0.15, 0.2) is 146 Å². The zero-order valence-electron chi connectivity index (χ0n) is 25.3. The third kappa shape index (κ3) is 3.89. The van der Waals surface area contributed by atoms with Crippen molar-refractivity contribution in [1.82, 2.24) is 9.97 Å². The van der Waals surface area contributed by atoms with Crippen LogP contribution >= 0.6 is 0 Å². The van der Waals surface area contributed by atoms with Gasteiger partial charge in [0, 0.05) is 17.2 Å². The molecule has 1 aliphatic rings. The van der Waals surface area contributed by atoms with E-state index in [1.165, 1.54) is 65.7 Å². The average molecular weight is 575 g/mol. The lowest BCUT2D eigenvalue weighted by Crippen LogP contribution is -2.16. The van der Waals surface area contributed by atoms with Gasteiger partial charge in [-0.1, -0.05) is 117 Å². The van der Waals surface area contributed by atoms with Crippen molar-refractivity contribution in [2.75, 3.05) is 0 Å². The Kier molecular flexibility index (Phi) is 5.58. The average Bonchev–Trinajstić information content (AvgIpc) is 3.36. The summed E-state index contributed by atoms with van der Waals surface area (Å²) in [6.45, 7) is 4.81. The maximum atomic E-state index is 4.95. The second-order valence-electron chi connectivity index (χ2n) is 12.6. The molecule has 0 atom stereocenters. The van der Waals surface area contributed by atoms with Gasteiger partial charge in [0.25, 0.3) is 0 Å². The minimum Gasteiger partial charge on any atom is -0.255 e. The summed E-state index contributed by atoms with van der Waals surface area (Å²) in [4.78, 5) is 9.45. The number of nitrogens with zero attached hydrogens (tertiary/aromatic N) is 2. The van der Waals surface area contributed by atoms with Gasteiger partial charge in [0.2, 0.25) is 0 Å². The minimum absolute atomic E-state index is 0.139. The van der Waals surface area contributed by atoms with Crippen LogP contribution < -0.4 is 0 Å². The first kappa shape index (κ1) is 25.9. The maximum Gasteiger partial charge on any atom is 0.0893 e. The Balaban J connectivity index is 1.18.